The first-order chi connectivity index (χ1) is 20.5. The van der Waals surface area contributed by atoms with Crippen LogP contribution in [0, 0.1) is 6.92 Å². The van der Waals surface area contributed by atoms with Gasteiger partial charge in [-0.05, 0) is 49.7 Å². The molecule has 44 heavy (non-hydrogen) atoms. The van der Waals surface area contributed by atoms with E-state index >= 15 is 0 Å². The second-order valence-electron chi connectivity index (χ2n) is 9.11. The fraction of sp³-hybridized carbons (Fsp3) is 0.280. The molecule has 3 heterocycles. The molecule has 1 aromatic carbocycles. The van der Waals surface area contributed by atoms with E-state index in [4.69, 9.17) is 23.2 Å². The molecule has 0 atom stereocenters. The van der Waals surface area contributed by atoms with Crippen molar-refractivity contribution in [3.05, 3.63) is 81.0 Å². The van der Waals surface area contributed by atoms with Crippen molar-refractivity contribution >= 4 is 40.7 Å². The summed E-state index contributed by atoms with van der Waals surface area (Å²) in [6.45, 7) is 2.89. The van der Waals surface area contributed by atoms with Crippen LogP contribution < -0.4 is 10.6 Å². The number of hydrogen-bond acceptors (Lipinski definition) is 6. The van der Waals surface area contributed by atoms with Gasteiger partial charge >= 0.3 is 18.0 Å². The van der Waals surface area contributed by atoms with Crippen LogP contribution in [0.25, 0.3) is 5.82 Å². The Morgan fingerprint density at radius 3 is 2.34 bits per heavy atom. The predicted octanol–water partition coefficient (Wildman–Crippen LogP) is 5.81. The normalized spacial score (nSPS) is 12.3. The van der Waals surface area contributed by atoms with Crippen molar-refractivity contribution in [1.82, 2.24) is 35.1 Å². The average Bonchev–Trinajstić information content (AvgIpc) is 3.57. The van der Waals surface area contributed by atoms with Gasteiger partial charge in [-0.25, -0.2) is 9.67 Å². The van der Waals surface area contributed by atoms with Crippen LogP contribution in [0.1, 0.15) is 44.7 Å². The highest BCUT2D eigenvalue weighted by Crippen LogP contribution is 2.51. The van der Waals surface area contributed by atoms with Gasteiger partial charge in [0.05, 0.1) is 28.2 Å². The Hall–Kier alpha value is -4.25. The number of aromatic nitrogens is 6. The SMILES string of the molecule is CCNC(=O)c1cc(Cl)cc(C)c1NC(=O)c1cc(Cn2ncc(C(F)(F)C(F)(F)C(F)(F)F)n2)nn1-c1ncccc1Cl. The minimum Gasteiger partial charge on any atom is -0.352 e. The van der Waals surface area contributed by atoms with Crippen molar-refractivity contribution < 1.29 is 40.3 Å². The number of aryl methyl sites for hydroxylation is 1. The van der Waals surface area contributed by atoms with Crippen LogP contribution in [0.3, 0.4) is 0 Å². The number of amides is 2. The number of carbonyl (C=O) groups is 2. The topological polar surface area (TPSA) is 120 Å². The maximum atomic E-state index is 14.1. The Morgan fingerprint density at radius 2 is 1.70 bits per heavy atom. The summed E-state index contributed by atoms with van der Waals surface area (Å²) < 4.78 is 94.0. The first-order valence-electron chi connectivity index (χ1n) is 12.3. The van der Waals surface area contributed by atoms with Gasteiger partial charge in [-0.2, -0.15) is 50.8 Å². The molecule has 0 aliphatic rings. The van der Waals surface area contributed by atoms with E-state index < -0.39 is 42.1 Å². The van der Waals surface area contributed by atoms with Crippen LogP contribution in [-0.2, 0) is 12.5 Å². The van der Waals surface area contributed by atoms with E-state index in [1.54, 1.807) is 13.8 Å². The summed E-state index contributed by atoms with van der Waals surface area (Å²) >= 11 is 12.4. The second kappa shape index (κ2) is 12.0. The number of halogens is 9. The third-order valence-electron chi connectivity index (χ3n) is 5.97. The third-order valence-corrected chi connectivity index (χ3v) is 6.48. The van der Waals surface area contributed by atoms with Gasteiger partial charge in [-0.3, -0.25) is 9.59 Å². The fourth-order valence-electron chi connectivity index (χ4n) is 3.89. The van der Waals surface area contributed by atoms with Crippen LogP contribution in [0.5, 0.6) is 0 Å². The van der Waals surface area contributed by atoms with E-state index in [2.05, 4.69) is 30.9 Å². The number of alkyl halides is 7. The van der Waals surface area contributed by atoms with Crippen LogP contribution in [0.15, 0.2) is 42.7 Å². The van der Waals surface area contributed by atoms with Gasteiger partial charge in [0, 0.05) is 17.8 Å². The molecule has 0 saturated heterocycles. The zero-order chi connectivity index (χ0) is 32.6. The molecule has 234 valence electrons. The second-order valence-corrected chi connectivity index (χ2v) is 9.95. The third kappa shape index (κ3) is 6.19. The Morgan fingerprint density at radius 1 is 1.00 bits per heavy atom. The molecule has 0 aliphatic heterocycles. The van der Waals surface area contributed by atoms with E-state index in [1.807, 2.05) is 0 Å². The molecule has 0 fully saturated rings. The standard InChI is InChI=1S/C25H19Cl2F7N8O2/c1-3-35-21(43)15-8-13(26)7-12(2)19(15)38-22(44)17-9-14(39-42(17)20-16(27)5-4-6-36-20)11-41-37-10-18(40-41)23(28,29)24(30,31)25(32,33)34/h4-10H,3,11H2,1-2H3,(H,35,43)(H,38,44). The molecule has 0 unspecified atom stereocenters. The molecule has 0 aliphatic carbocycles. The van der Waals surface area contributed by atoms with Crippen LogP contribution in [0.4, 0.5) is 36.4 Å². The Kier molecular flexibility index (Phi) is 8.93. The van der Waals surface area contributed by atoms with Gasteiger partial charge in [0.2, 0.25) is 0 Å². The Balaban J connectivity index is 1.73. The predicted molar refractivity (Wildman–Crippen MR) is 143 cm³/mol. The van der Waals surface area contributed by atoms with Crippen molar-refractivity contribution in [3.8, 4) is 5.82 Å². The Bertz CT molecular complexity index is 1720. The van der Waals surface area contributed by atoms with Gasteiger partial charge in [-0.1, -0.05) is 23.2 Å². The molecule has 2 amide bonds. The molecule has 3 aromatic heterocycles. The largest absolute Gasteiger partial charge is 0.460 e. The first-order valence-corrected chi connectivity index (χ1v) is 13.1. The lowest BCUT2D eigenvalue weighted by Crippen LogP contribution is -2.50. The van der Waals surface area contributed by atoms with Crippen molar-refractivity contribution in [1.29, 1.82) is 0 Å². The number of pyridine rings is 1. The summed E-state index contributed by atoms with van der Waals surface area (Å²) in [5.41, 5.74) is -1.78. The maximum absolute atomic E-state index is 14.1. The summed E-state index contributed by atoms with van der Waals surface area (Å²) in [4.78, 5) is 30.7. The molecule has 0 radical (unpaired) electrons. The summed E-state index contributed by atoms with van der Waals surface area (Å²) in [5.74, 6) is -13.6. The highest BCUT2D eigenvalue weighted by atomic mass is 35.5. The number of benzene rings is 1. The van der Waals surface area contributed by atoms with E-state index in [-0.39, 0.29) is 51.2 Å². The molecule has 4 aromatic rings. The highest BCUT2D eigenvalue weighted by Gasteiger charge is 2.74. The lowest BCUT2D eigenvalue weighted by molar-refractivity contribution is -0.360. The average molecular weight is 667 g/mol. The number of nitrogens with one attached hydrogen (secondary N) is 2. The maximum Gasteiger partial charge on any atom is 0.460 e. The molecule has 19 heteroatoms. The number of carbonyl (C=O) groups excluding carboxylic acids is 2. The minimum atomic E-state index is -6.57. The summed E-state index contributed by atoms with van der Waals surface area (Å²) in [5, 5.41) is 16.1. The first kappa shape index (κ1) is 32.7. The van der Waals surface area contributed by atoms with E-state index in [1.165, 1.54) is 30.5 Å². The van der Waals surface area contributed by atoms with Gasteiger partial charge in [0.1, 0.15) is 12.2 Å². The van der Waals surface area contributed by atoms with Gasteiger partial charge < -0.3 is 10.6 Å². The molecule has 0 spiro atoms. The molecular weight excluding hydrogens is 648 g/mol. The molecule has 10 nitrogen and oxygen atoms in total. The van der Waals surface area contributed by atoms with Gasteiger partial charge in [-0.15, -0.1) is 0 Å². The van der Waals surface area contributed by atoms with E-state index in [9.17, 15) is 40.3 Å². The zero-order valence-electron chi connectivity index (χ0n) is 22.4. The number of rotatable bonds is 9. The van der Waals surface area contributed by atoms with Gasteiger partial charge in [0.15, 0.2) is 11.5 Å². The van der Waals surface area contributed by atoms with Crippen molar-refractivity contribution in [2.24, 2.45) is 0 Å². The van der Waals surface area contributed by atoms with E-state index in [0.29, 0.717) is 10.4 Å². The highest BCUT2D eigenvalue weighted by molar-refractivity contribution is 6.32. The van der Waals surface area contributed by atoms with Crippen LogP contribution >= 0.6 is 23.2 Å². The summed E-state index contributed by atoms with van der Waals surface area (Å²) in [6, 6.07) is 6.87. The zero-order valence-corrected chi connectivity index (χ0v) is 23.9. The summed E-state index contributed by atoms with van der Waals surface area (Å²) in [6.07, 6.45) is -5.18. The molecule has 0 bridgehead atoms. The minimum absolute atomic E-state index is 0.0235. The molecule has 2 N–H and O–H groups in total. The fourth-order valence-corrected chi connectivity index (χ4v) is 4.36. The molecule has 4 rings (SSSR count). The van der Waals surface area contributed by atoms with Crippen LogP contribution in [-0.4, -0.2) is 60.2 Å². The molecule has 0 saturated carbocycles. The monoisotopic (exact) mass is 666 g/mol. The lowest BCUT2D eigenvalue weighted by atomic mass is 10.1. The van der Waals surface area contributed by atoms with Crippen molar-refractivity contribution in [2.45, 2.75) is 38.4 Å². The van der Waals surface area contributed by atoms with Crippen LogP contribution in [0.2, 0.25) is 10.0 Å². The molecular formula is C25H19Cl2F7N8O2. The van der Waals surface area contributed by atoms with E-state index in [0.717, 1.165) is 10.7 Å². The number of nitrogens with zero attached hydrogens (tertiary/aromatic N) is 6. The Labute approximate surface area is 253 Å². The van der Waals surface area contributed by atoms with Crippen molar-refractivity contribution in [3.63, 3.8) is 0 Å². The lowest BCUT2D eigenvalue weighted by Gasteiger charge is -2.26. The van der Waals surface area contributed by atoms with Crippen molar-refractivity contribution in [2.75, 3.05) is 11.9 Å². The smallest absolute Gasteiger partial charge is 0.352 e. The number of hydrogen-bond donors (Lipinski definition) is 2. The number of anilines is 1. The quantitative estimate of drug-likeness (QED) is 0.218. The van der Waals surface area contributed by atoms with Gasteiger partial charge in [0.25, 0.3) is 11.8 Å². The summed E-state index contributed by atoms with van der Waals surface area (Å²) in [7, 11) is 0.